The Morgan fingerprint density at radius 1 is 0.571 bits per heavy atom. The molecule has 6 heteroatoms. The van der Waals surface area contributed by atoms with Crippen LogP contribution >= 0.6 is 22.7 Å². The molecule has 0 bridgehead atoms. The Hall–Kier alpha value is -2.70. The Bertz CT molecular complexity index is 1320. The highest BCUT2D eigenvalue weighted by Gasteiger charge is 2.72. The van der Waals surface area contributed by atoms with Crippen LogP contribution in [0.15, 0.2) is 72.8 Å². The van der Waals surface area contributed by atoms with Gasteiger partial charge in [-0.25, -0.2) is 17.6 Å². The maximum atomic E-state index is 16.0. The second-order valence-electron chi connectivity index (χ2n) is 9.42. The van der Waals surface area contributed by atoms with E-state index in [0.717, 1.165) is 34.7 Å². The average molecular weight is 513 g/mol. The molecule has 0 atom stereocenters. The molecule has 4 aromatic rings. The fraction of sp³-hybridized carbons (Fsp3) is 0.241. The van der Waals surface area contributed by atoms with Crippen LogP contribution in [0.1, 0.15) is 34.7 Å². The lowest BCUT2D eigenvalue weighted by Crippen LogP contribution is -2.44. The number of thiophene rings is 2. The third kappa shape index (κ3) is 3.53. The summed E-state index contributed by atoms with van der Waals surface area (Å²) >= 11 is 2.70. The summed E-state index contributed by atoms with van der Waals surface area (Å²) in [5.41, 5.74) is -1.53. The minimum absolute atomic E-state index is 0.200. The first kappa shape index (κ1) is 24.0. The largest absolute Gasteiger partial charge is 0.285 e. The second kappa shape index (κ2) is 8.17. The molecular formula is C29H24F4S2. The molecule has 0 nitrogen and oxygen atoms in total. The lowest BCUT2D eigenvalue weighted by atomic mass is 9.81. The van der Waals surface area contributed by atoms with Crippen molar-refractivity contribution in [1.82, 2.24) is 0 Å². The zero-order valence-electron chi connectivity index (χ0n) is 19.8. The van der Waals surface area contributed by atoms with Crippen LogP contribution in [0.4, 0.5) is 17.6 Å². The molecule has 5 rings (SSSR count). The minimum atomic E-state index is -3.73. The van der Waals surface area contributed by atoms with Crippen molar-refractivity contribution in [1.29, 1.82) is 0 Å². The molecule has 0 unspecified atom stereocenters. The summed E-state index contributed by atoms with van der Waals surface area (Å²) in [6.45, 7) is 5.40. The van der Waals surface area contributed by atoms with Crippen LogP contribution in [0.5, 0.6) is 0 Å². The molecule has 0 saturated heterocycles. The van der Waals surface area contributed by atoms with Gasteiger partial charge in [-0.15, -0.1) is 22.7 Å². The van der Waals surface area contributed by atoms with Crippen LogP contribution in [-0.4, -0.2) is 11.8 Å². The number of hydrogen-bond donors (Lipinski definition) is 0. The van der Waals surface area contributed by atoms with Crippen LogP contribution in [0, 0.1) is 19.3 Å². The van der Waals surface area contributed by atoms with Crippen LogP contribution in [0.25, 0.3) is 32.0 Å². The highest BCUT2D eigenvalue weighted by molar-refractivity contribution is 7.16. The molecule has 0 amide bonds. The van der Waals surface area contributed by atoms with Crippen molar-refractivity contribution in [2.75, 3.05) is 0 Å². The summed E-state index contributed by atoms with van der Waals surface area (Å²) in [4.78, 5) is 2.75. The van der Waals surface area contributed by atoms with Crippen LogP contribution < -0.4 is 0 Å². The summed E-state index contributed by atoms with van der Waals surface area (Å²) in [5, 5.41) is 0. The third-order valence-corrected chi connectivity index (χ3v) is 9.14. The van der Waals surface area contributed by atoms with Crippen LogP contribution in [0.2, 0.25) is 0 Å². The molecule has 1 aliphatic rings. The molecule has 0 spiro atoms. The van der Waals surface area contributed by atoms with Crippen LogP contribution in [0.3, 0.4) is 0 Å². The predicted molar refractivity (Wildman–Crippen MR) is 139 cm³/mol. The Kier molecular flexibility index (Phi) is 5.61. The normalized spacial score (nSPS) is 18.3. The summed E-state index contributed by atoms with van der Waals surface area (Å²) in [5.74, 6) is -7.46. The van der Waals surface area contributed by atoms with E-state index in [9.17, 15) is 0 Å². The first-order valence-corrected chi connectivity index (χ1v) is 12.9. The molecule has 0 N–H and O–H groups in total. The zero-order valence-corrected chi connectivity index (χ0v) is 21.4. The molecule has 2 aromatic heterocycles. The predicted octanol–water partition coefficient (Wildman–Crippen LogP) is 9.98. The van der Waals surface area contributed by atoms with Gasteiger partial charge in [0.15, 0.2) is 0 Å². The Morgan fingerprint density at radius 3 is 1.26 bits per heavy atom. The molecule has 2 heterocycles. The molecule has 0 fully saturated rings. The molecule has 2 aromatic carbocycles. The van der Waals surface area contributed by atoms with Gasteiger partial charge >= 0.3 is 0 Å². The van der Waals surface area contributed by atoms with E-state index in [1.807, 2.05) is 60.7 Å². The quantitative estimate of drug-likeness (QED) is 0.239. The van der Waals surface area contributed by atoms with E-state index < -0.39 is 28.4 Å². The molecule has 0 saturated carbocycles. The fourth-order valence-corrected chi connectivity index (χ4v) is 6.76. The van der Waals surface area contributed by atoms with Crippen molar-refractivity contribution in [2.24, 2.45) is 5.41 Å². The van der Waals surface area contributed by atoms with Crippen molar-refractivity contribution in [2.45, 2.75) is 39.5 Å². The van der Waals surface area contributed by atoms with E-state index in [1.54, 1.807) is 26.0 Å². The summed E-state index contributed by atoms with van der Waals surface area (Å²) in [6.07, 6.45) is 0. The van der Waals surface area contributed by atoms with Crippen molar-refractivity contribution in [3.63, 3.8) is 0 Å². The van der Waals surface area contributed by atoms with Gasteiger partial charge in [0.2, 0.25) is 0 Å². The smallest absolute Gasteiger partial charge is 0.200 e. The van der Waals surface area contributed by atoms with Crippen molar-refractivity contribution in [3.8, 4) is 20.9 Å². The lowest BCUT2D eigenvalue weighted by Gasteiger charge is -2.33. The van der Waals surface area contributed by atoms with Crippen LogP contribution in [-0.2, 0) is 0 Å². The first-order valence-electron chi connectivity index (χ1n) is 11.3. The van der Waals surface area contributed by atoms with E-state index in [2.05, 4.69) is 0 Å². The number of alkyl halides is 4. The number of allylic oxidation sites excluding steroid dienone is 2. The Labute approximate surface area is 210 Å². The van der Waals surface area contributed by atoms with Gasteiger partial charge in [-0.2, -0.15) is 0 Å². The van der Waals surface area contributed by atoms with Gasteiger partial charge in [-0.05, 0) is 62.1 Å². The van der Waals surface area contributed by atoms with Crippen molar-refractivity contribution in [3.05, 3.63) is 93.7 Å². The van der Waals surface area contributed by atoms with E-state index in [1.165, 1.54) is 22.7 Å². The number of benzene rings is 2. The summed E-state index contributed by atoms with van der Waals surface area (Å²) in [6, 6.07) is 22.1. The third-order valence-electron chi connectivity index (χ3n) is 6.94. The average Bonchev–Trinajstić information content (AvgIpc) is 3.42. The van der Waals surface area contributed by atoms with Gasteiger partial charge in [0.05, 0.1) is 0 Å². The van der Waals surface area contributed by atoms with E-state index in [-0.39, 0.29) is 11.1 Å². The lowest BCUT2D eigenvalue weighted by molar-refractivity contribution is -0.151. The highest BCUT2D eigenvalue weighted by atomic mass is 32.1. The number of hydrogen-bond acceptors (Lipinski definition) is 2. The topological polar surface area (TPSA) is 0 Å². The van der Waals surface area contributed by atoms with Gasteiger partial charge in [0.1, 0.15) is 5.41 Å². The molecule has 0 radical (unpaired) electrons. The maximum Gasteiger partial charge on any atom is 0.285 e. The van der Waals surface area contributed by atoms with E-state index in [4.69, 9.17) is 0 Å². The fourth-order valence-electron chi connectivity index (χ4n) is 4.69. The van der Waals surface area contributed by atoms with Gasteiger partial charge in [0, 0.05) is 30.7 Å². The number of rotatable bonds is 4. The van der Waals surface area contributed by atoms with Gasteiger partial charge in [-0.1, -0.05) is 60.7 Å². The molecule has 1 aliphatic carbocycles. The summed E-state index contributed by atoms with van der Waals surface area (Å²) in [7, 11) is 0. The SMILES string of the molecule is Cc1sc(-c2ccccc2)cc1C1=C(c2cc(-c3ccccc3)sc2C)C(F)(F)C(C)(C)C1(F)F. The number of aryl methyl sites for hydroxylation is 2. The Balaban J connectivity index is 1.78. The van der Waals surface area contributed by atoms with Gasteiger partial charge < -0.3 is 0 Å². The standard InChI is InChI=1S/C29H24F4S2/c1-17-21(15-23(34-17)19-11-7-5-8-12-19)25-26(29(32,33)27(3,4)28(25,30)31)22-16-24(35-18(22)2)20-13-9-6-10-14-20/h5-16H,1-4H3. The summed E-state index contributed by atoms with van der Waals surface area (Å²) < 4.78 is 64.1. The van der Waals surface area contributed by atoms with Gasteiger partial charge in [0.25, 0.3) is 11.8 Å². The molecule has 180 valence electrons. The van der Waals surface area contributed by atoms with Crippen molar-refractivity contribution < 1.29 is 17.6 Å². The molecule has 35 heavy (non-hydrogen) atoms. The Morgan fingerprint density at radius 2 is 0.914 bits per heavy atom. The van der Waals surface area contributed by atoms with Gasteiger partial charge in [-0.3, -0.25) is 0 Å². The first-order chi connectivity index (χ1) is 16.5. The van der Waals surface area contributed by atoms with E-state index >= 15 is 17.6 Å². The van der Waals surface area contributed by atoms with Crippen molar-refractivity contribution >= 4 is 33.8 Å². The second-order valence-corrected chi connectivity index (χ2v) is 11.9. The monoisotopic (exact) mass is 512 g/mol. The van der Waals surface area contributed by atoms with E-state index in [0.29, 0.717) is 9.75 Å². The number of halogens is 4. The molecule has 0 aliphatic heterocycles. The minimum Gasteiger partial charge on any atom is -0.200 e. The highest BCUT2D eigenvalue weighted by Crippen LogP contribution is 2.67. The zero-order chi connectivity index (χ0) is 25.2. The molecular weight excluding hydrogens is 488 g/mol. The maximum absolute atomic E-state index is 16.0.